The minimum Gasteiger partial charge on any atom is -0.313 e. The molecule has 2 aromatic heterocycles. The van der Waals surface area contributed by atoms with Crippen LogP contribution < -0.4 is 5.32 Å². The third-order valence-corrected chi connectivity index (χ3v) is 4.81. The Morgan fingerprint density at radius 3 is 3.26 bits per heavy atom. The highest BCUT2D eigenvalue weighted by atomic mass is 32.1. The number of nitrogens with zero attached hydrogens (tertiary/aromatic N) is 3. The Morgan fingerprint density at radius 1 is 1.53 bits per heavy atom. The number of piperazine rings is 1. The normalized spacial score (nSPS) is 20.3. The summed E-state index contributed by atoms with van der Waals surface area (Å²) in [5, 5.41) is 19.7. The summed E-state index contributed by atoms with van der Waals surface area (Å²) in [7, 11) is 0. The van der Waals surface area contributed by atoms with E-state index in [0.717, 1.165) is 36.9 Å². The van der Waals surface area contributed by atoms with Gasteiger partial charge in [0.05, 0.1) is 11.8 Å². The lowest BCUT2D eigenvalue weighted by atomic mass is 10.2. The van der Waals surface area contributed by atoms with Crippen LogP contribution in [0.3, 0.4) is 0 Å². The van der Waals surface area contributed by atoms with Gasteiger partial charge in [-0.1, -0.05) is 0 Å². The molecular weight excluding hydrogens is 276 g/mol. The summed E-state index contributed by atoms with van der Waals surface area (Å²) >= 11 is 3.36. The summed E-state index contributed by atoms with van der Waals surface area (Å²) in [6, 6.07) is 4.40. The Labute approximate surface area is 120 Å². The van der Waals surface area contributed by atoms with E-state index in [0.29, 0.717) is 0 Å². The van der Waals surface area contributed by atoms with Crippen LogP contribution in [0, 0.1) is 11.3 Å². The van der Waals surface area contributed by atoms with E-state index < -0.39 is 0 Å². The Bertz CT molecular complexity index is 570. The van der Waals surface area contributed by atoms with Crippen molar-refractivity contribution in [2.75, 3.05) is 19.6 Å². The first-order valence-corrected chi connectivity index (χ1v) is 8.00. The average Bonchev–Trinajstić information content (AvgIpc) is 3.09. The summed E-state index contributed by atoms with van der Waals surface area (Å²) in [5.74, 6) is 0. The largest absolute Gasteiger partial charge is 0.313 e. The molecule has 1 aliphatic heterocycles. The minimum absolute atomic E-state index is 0.0416. The van der Waals surface area contributed by atoms with Crippen molar-refractivity contribution in [3.63, 3.8) is 0 Å². The smallest absolute Gasteiger partial charge is 0.124 e. The van der Waals surface area contributed by atoms with Gasteiger partial charge in [-0.05, 0) is 11.4 Å². The Kier molecular flexibility index (Phi) is 3.89. The molecule has 1 N–H and O–H groups in total. The van der Waals surface area contributed by atoms with Crippen molar-refractivity contribution in [3.8, 4) is 16.6 Å². The molecule has 0 aromatic carbocycles. The van der Waals surface area contributed by atoms with Crippen LogP contribution >= 0.6 is 22.7 Å². The predicted octanol–water partition coefficient (Wildman–Crippen LogP) is 2.17. The molecule has 1 atom stereocenters. The van der Waals surface area contributed by atoms with Crippen LogP contribution in [0.15, 0.2) is 22.2 Å². The summed E-state index contributed by atoms with van der Waals surface area (Å²) in [4.78, 5) is 6.87. The van der Waals surface area contributed by atoms with Crippen LogP contribution in [0.4, 0.5) is 0 Å². The van der Waals surface area contributed by atoms with Gasteiger partial charge in [0, 0.05) is 42.5 Å². The van der Waals surface area contributed by atoms with E-state index in [9.17, 15) is 0 Å². The topological polar surface area (TPSA) is 52.0 Å². The molecule has 2 aromatic rings. The van der Waals surface area contributed by atoms with Gasteiger partial charge in [0.25, 0.3) is 0 Å². The van der Waals surface area contributed by atoms with Gasteiger partial charge >= 0.3 is 0 Å². The molecule has 0 aliphatic carbocycles. The molecule has 1 fully saturated rings. The van der Waals surface area contributed by atoms with E-state index in [1.807, 2.05) is 0 Å². The van der Waals surface area contributed by atoms with Gasteiger partial charge in [-0.2, -0.15) is 16.6 Å². The van der Waals surface area contributed by atoms with Crippen molar-refractivity contribution in [2.24, 2.45) is 0 Å². The minimum atomic E-state index is -0.0416. The second-order valence-electron chi connectivity index (χ2n) is 4.48. The Balaban J connectivity index is 1.72. The molecule has 1 aliphatic rings. The molecule has 19 heavy (non-hydrogen) atoms. The quantitative estimate of drug-likeness (QED) is 0.941. The van der Waals surface area contributed by atoms with Crippen LogP contribution in [0.2, 0.25) is 0 Å². The fourth-order valence-electron chi connectivity index (χ4n) is 2.17. The zero-order valence-corrected chi connectivity index (χ0v) is 12.0. The van der Waals surface area contributed by atoms with Gasteiger partial charge in [0.1, 0.15) is 11.0 Å². The number of rotatable bonds is 3. The maximum absolute atomic E-state index is 9.15. The number of hydrogen-bond acceptors (Lipinski definition) is 6. The first-order chi connectivity index (χ1) is 9.36. The van der Waals surface area contributed by atoms with E-state index in [1.54, 1.807) is 22.7 Å². The zero-order valence-electron chi connectivity index (χ0n) is 10.4. The molecular formula is C13H14N4S2. The van der Waals surface area contributed by atoms with Crippen LogP contribution in [0.5, 0.6) is 0 Å². The molecule has 1 unspecified atom stereocenters. The van der Waals surface area contributed by atoms with Crippen molar-refractivity contribution in [1.82, 2.24) is 15.2 Å². The molecule has 1 saturated heterocycles. The molecule has 0 radical (unpaired) electrons. The molecule has 6 heteroatoms. The summed E-state index contributed by atoms with van der Waals surface area (Å²) in [5.41, 5.74) is 2.26. The van der Waals surface area contributed by atoms with Gasteiger partial charge in [0.15, 0.2) is 0 Å². The lowest BCUT2D eigenvalue weighted by Crippen LogP contribution is -2.50. The van der Waals surface area contributed by atoms with E-state index in [4.69, 9.17) is 5.26 Å². The molecule has 3 rings (SSSR count). The number of thiazole rings is 1. The highest BCUT2D eigenvalue weighted by Gasteiger charge is 2.22. The lowest BCUT2D eigenvalue weighted by Gasteiger charge is -2.31. The molecule has 0 bridgehead atoms. The maximum Gasteiger partial charge on any atom is 0.124 e. The lowest BCUT2D eigenvalue weighted by molar-refractivity contribution is 0.187. The van der Waals surface area contributed by atoms with Crippen molar-refractivity contribution in [2.45, 2.75) is 12.6 Å². The molecule has 3 heterocycles. The van der Waals surface area contributed by atoms with Crippen molar-refractivity contribution in [3.05, 3.63) is 27.9 Å². The number of nitrogens with one attached hydrogen (secondary N) is 1. The van der Waals surface area contributed by atoms with Crippen LogP contribution in [-0.4, -0.2) is 35.6 Å². The van der Waals surface area contributed by atoms with E-state index in [2.05, 4.69) is 43.5 Å². The van der Waals surface area contributed by atoms with Gasteiger partial charge in [-0.3, -0.25) is 4.90 Å². The second kappa shape index (κ2) is 5.80. The van der Waals surface area contributed by atoms with Crippen LogP contribution in [-0.2, 0) is 6.54 Å². The fourth-order valence-corrected chi connectivity index (χ4v) is 3.69. The van der Waals surface area contributed by atoms with Crippen molar-refractivity contribution < 1.29 is 0 Å². The molecule has 0 amide bonds. The zero-order chi connectivity index (χ0) is 13.1. The Morgan fingerprint density at radius 2 is 2.47 bits per heavy atom. The van der Waals surface area contributed by atoms with E-state index in [1.165, 1.54) is 5.56 Å². The number of thiophene rings is 1. The molecule has 98 valence electrons. The Hall–Kier alpha value is -1.26. The predicted molar refractivity (Wildman–Crippen MR) is 78.1 cm³/mol. The first kappa shape index (κ1) is 12.8. The summed E-state index contributed by atoms with van der Waals surface area (Å²) in [6.45, 7) is 3.36. The van der Waals surface area contributed by atoms with E-state index in [-0.39, 0.29) is 6.04 Å². The maximum atomic E-state index is 9.15. The van der Waals surface area contributed by atoms with Crippen LogP contribution in [0.1, 0.15) is 5.69 Å². The van der Waals surface area contributed by atoms with Crippen LogP contribution in [0.25, 0.3) is 10.6 Å². The second-order valence-corrected chi connectivity index (χ2v) is 6.11. The van der Waals surface area contributed by atoms with Gasteiger partial charge in [-0.25, -0.2) is 4.98 Å². The number of aromatic nitrogens is 1. The third-order valence-electron chi connectivity index (χ3n) is 3.19. The van der Waals surface area contributed by atoms with Gasteiger partial charge < -0.3 is 5.32 Å². The SMILES string of the molecule is N#CC1CNCCN1Cc1csc(-c2ccsc2)n1. The van der Waals surface area contributed by atoms with Crippen molar-refractivity contribution in [1.29, 1.82) is 5.26 Å². The first-order valence-electron chi connectivity index (χ1n) is 6.18. The number of hydrogen-bond donors (Lipinski definition) is 1. The molecule has 4 nitrogen and oxygen atoms in total. The van der Waals surface area contributed by atoms with Gasteiger partial charge in [0.2, 0.25) is 0 Å². The summed E-state index contributed by atoms with van der Waals surface area (Å²) in [6.07, 6.45) is 0. The highest BCUT2D eigenvalue weighted by Crippen LogP contribution is 2.26. The van der Waals surface area contributed by atoms with E-state index >= 15 is 0 Å². The van der Waals surface area contributed by atoms with Gasteiger partial charge in [-0.15, -0.1) is 11.3 Å². The summed E-state index contributed by atoms with van der Waals surface area (Å²) < 4.78 is 0. The standard InChI is InChI=1S/C13H14N4S2/c14-5-12-6-15-2-3-17(12)7-11-9-19-13(16-11)10-1-4-18-8-10/h1,4,8-9,12,15H,2-3,6-7H2. The third kappa shape index (κ3) is 2.85. The monoisotopic (exact) mass is 290 g/mol. The number of nitriles is 1. The van der Waals surface area contributed by atoms with Crippen molar-refractivity contribution >= 4 is 22.7 Å². The molecule has 0 spiro atoms. The molecule has 0 saturated carbocycles. The average molecular weight is 290 g/mol. The fraction of sp³-hybridized carbons (Fsp3) is 0.385. The highest BCUT2D eigenvalue weighted by molar-refractivity contribution is 7.14.